The molecular weight excluding hydrogens is 278 g/mol. The summed E-state index contributed by atoms with van der Waals surface area (Å²) >= 11 is 0. The van der Waals surface area contributed by atoms with Gasteiger partial charge in [-0.25, -0.2) is 0 Å². The number of nitrogens with one attached hydrogen (secondary N) is 2. The number of hydrogen-bond acceptors (Lipinski definition) is 4. The van der Waals surface area contributed by atoms with Gasteiger partial charge in [-0.1, -0.05) is 0 Å². The normalized spacial score (nSPS) is 17.7. The SMILES string of the molecule is CCNC(=NCCCOC)NCCCCN1CCN(C)CC1. The third kappa shape index (κ3) is 9.23. The number of rotatable bonds is 10. The van der Waals surface area contributed by atoms with Crippen LogP contribution < -0.4 is 10.6 Å². The van der Waals surface area contributed by atoms with E-state index in [1.54, 1.807) is 7.11 Å². The molecule has 0 saturated carbocycles. The molecule has 0 radical (unpaired) electrons. The van der Waals surface area contributed by atoms with E-state index in [9.17, 15) is 0 Å². The lowest BCUT2D eigenvalue weighted by atomic mass is 10.2. The van der Waals surface area contributed by atoms with Crippen molar-refractivity contribution in [3.05, 3.63) is 0 Å². The molecule has 0 aromatic carbocycles. The van der Waals surface area contributed by atoms with Gasteiger partial charge in [0.2, 0.25) is 0 Å². The highest BCUT2D eigenvalue weighted by atomic mass is 16.5. The largest absolute Gasteiger partial charge is 0.385 e. The van der Waals surface area contributed by atoms with Crippen molar-refractivity contribution in [2.24, 2.45) is 4.99 Å². The summed E-state index contributed by atoms with van der Waals surface area (Å²) in [6.07, 6.45) is 3.41. The zero-order valence-electron chi connectivity index (χ0n) is 14.7. The fraction of sp³-hybridized carbons (Fsp3) is 0.938. The lowest BCUT2D eigenvalue weighted by molar-refractivity contribution is 0.152. The average Bonchev–Trinajstić information content (AvgIpc) is 2.53. The Kier molecular flexibility index (Phi) is 11.1. The summed E-state index contributed by atoms with van der Waals surface area (Å²) < 4.78 is 5.04. The fourth-order valence-electron chi connectivity index (χ4n) is 2.48. The number of ether oxygens (including phenoxy) is 1. The maximum absolute atomic E-state index is 5.04. The maximum Gasteiger partial charge on any atom is 0.191 e. The van der Waals surface area contributed by atoms with Gasteiger partial charge < -0.3 is 25.2 Å². The highest BCUT2D eigenvalue weighted by Crippen LogP contribution is 2.01. The topological polar surface area (TPSA) is 52.1 Å². The Morgan fingerprint density at radius 3 is 2.55 bits per heavy atom. The van der Waals surface area contributed by atoms with E-state index in [0.29, 0.717) is 0 Å². The van der Waals surface area contributed by atoms with Crippen LogP contribution in [-0.2, 0) is 4.74 Å². The molecular formula is C16H35N5O. The second-order valence-corrected chi connectivity index (χ2v) is 5.89. The van der Waals surface area contributed by atoms with Crippen molar-refractivity contribution in [3.63, 3.8) is 0 Å². The molecule has 0 atom stereocenters. The molecule has 1 aliphatic rings. The van der Waals surface area contributed by atoms with Crippen molar-refractivity contribution in [1.82, 2.24) is 20.4 Å². The van der Waals surface area contributed by atoms with Gasteiger partial charge in [-0.05, 0) is 39.8 Å². The first kappa shape index (κ1) is 19.2. The van der Waals surface area contributed by atoms with E-state index in [-0.39, 0.29) is 0 Å². The van der Waals surface area contributed by atoms with E-state index in [4.69, 9.17) is 4.74 Å². The number of unbranched alkanes of at least 4 members (excludes halogenated alkanes) is 1. The molecule has 1 heterocycles. The number of nitrogens with zero attached hydrogens (tertiary/aromatic N) is 3. The third-order valence-electron chi connectivity index (χ3n) is 3.91. The number of likely N-dealkylation sites (N-methyl/N-ethyl adjacent to an activating group) is 1. The van der Waals surface area contributed by atoms with Gasteiger partial charge in [-0.2, -0.15) is 0 Å². The lowest BCUT2D eigenvalue weighted by Crippen LogP contribution is -2.44. The first-order valence-electron chi connectivity index (χ1n) is 8.68. The number of piperazine rings is 1. The van der Waals surface area contributed by atoms with E-state index in [2.05, 4.69) is 39.4 Å². The molecule has 0 aliphatic carbocycles. The van der Waals surface area contributed by atoms with Crippen LogP contribution in [0.25, 0.3) is 0 Å². The second-order valence-electron chi connectivity index (χ2n) is 5.89. The van der Waals surface area contributed by atoms with Crippen molar-refractivity contribution in [3.8, 4) is 0 Å². The molecule has 130 valence electrons. The van der Waals surface area contributed by atoms with Crippen LogP contribution in [0.3, 0.4) is 0 Å². The molecule has 1 aliphatic heterocycles. The van der Waals surface area contributed by atoms with Crippen LogP contribution in [-0.4, -0.2) is 88.9 Å². The van der Waals surface area contributed by atoms with Crippen LogP contribution in [0.5, 0.6) is 0 Å². The lowest BCUT2D eigenvalue weighted by Gasteiger charge is -2.32. The van der Waals surface area contributed by atoms with Gasteiger partial charge in [0.05, 0.1) is 0 Å². The number of guanidine groups is 1. The summed E-state index contributed by atoms with van der Waals surface area (Å²) in [5.74, 6) is 0.929. The molecule has 1 saturated heterocycles. The number of hydrogen-bond donors (Lipinski definition) is 2. The Morgan fingerprint density at radius 1 is 1.09 bits per heavy atom. The van der Waals surface area contributed by atoms with Gasteiger partial charge >= 0.3 is 0 Å². The molecule has 0 aromatic rings. The van der Waals surface area contributed by atoms with Crippen LogP contribution in [0.2, 0.25) is 0 Å². The van der Waals surface area contributed by atoms with Gasteiger partial charge in [-0.3, -0.25) is 4.99 Å². The Balaban J connectivity index is 2.06. The highest BCUT2D eigenvalue weighted by molar-refractivity contribution is 5.79. The Hall–Kier alpha value is -0.850. The van der Waals surface area contributed by atoms with Crippen molar-refractivity contribution >= 4 is 5.96 Å². The van der Waals surface area contributed by atoms with Crippen LogP contribution in [0.1, 0.15) is 26.2 Å². The van der Waals surface area contributed by atoms with Crippen LogP contribution in [0, 0.1) is 0 Å². The van der Waals surface area contributed by atoms with Crippen molar-refractivity contribution in [1.29, 1.82) is 0 Å². The average molecular weight is 313 g/mol. The summed E-state index contributed by atoms with van der Waals surface area (Å²) in [5.41, 5.74) is 0. The molecule has 0 unspecified atom stereocenters. The maximum atomic E-state index is 5.04. The first-order valence-corrected chi connectivity index (χ1v) is 8.68. The summed E-state index contributed by atoms with van der Waals surface area (Å²) in [6.45, 7) is 11.6. The smallest absolute Gasteiger partial charge is 0.191 e. The quantitative estimate of drug-likeness (QED) is 0.351. The van der Waals surface area contributed by atoms with E-state index in [1.165, 1.54) is 45.6 Å². The zero-order chi connectivity index (χ0) is 16.0. The Labute approximate surface area is 136 Å². The predicted octanol–water partition coefficient (Wildman–Crippen LogP) is 0.606. The number of aliphatic imine (C=N–C) groups is 1. The summed E-state index contributed by atoms with van der Waals surface area (Å²) in [6, 6.07) is 0. The van der Waals surface area contributed by atoms with Crippen molar-refractivity contribution < 1.29 is 4.74 Å². The molecule has 0 spiro atoms. The number of methoxy groups -OCH3 is 1. The monoisotopic (exact) mass is 313 g/mol. The third-order valence-corrected chi connectivity index (χ3v) is 3.91. The van der Waals surface area contributed by atoms with Gasteiger partial charge in [0.15, 0.2) is 5.96 Å². The molecule has 6 heteroatoms. The predicted molar refractivity (Wildman–Crippen MR) is 93.6 cm³/mol. The van der Waals surface area contributed by atoms with E-state index >= 15 is 0 Å². The summed E-state index contributed by atoms with van der Waals surface area (Å²) in [5, 5.41) is 6.70. The van der Waals surface area contributed by atoms with Gasteiger partial charge in [0.1, 0.15) is 0 Å². The molecule has 0 amide bonds. The van der Waals surface area contributed by atoms with E-state index in [1.807, 2.05) is 0 Å². The van der Waals surface area contributed by atoms with Gasteiger partial charge in [-0.15, -0.1) is 0 Å². The highest BCUT2D eigenvalue weighted by Gasteiger charge is 2.12. The van der Waals surface area contributed by atoms with Crippen LogP contribution in [0.4, 0.5) is 0 Å². The van der Waals surface area contributed by atoms with Crippen LogP contribution >= 0.6 is 0 Å². The molecule has 6 nitrogen and oxygen atoms in total. The Morgan fingerprint density at radius 2 is 1.86 bits per heavy atom. The Bertz CT molecular complexity index is 290. The standard InChI is InChI=1S/C16H35N5O/c1-4-17-16(19-9-7-15-22-3)18-8-5-6-10-21-13-11-20(2)12-14-21/h4-15H2,1-3H3,(H2,17,18,19). The van der Waals surface area contributed by atoms with Crippen molar-refractivity contribution in [2.75, 3.05) is 73.1 Å². The molecule has 22 heavy (non-hydrogen) atoms. The minimum atomic E-state index is 0.772. The molecule has 0 bridgehead atoms. The van der Waals surface area contributed by atoms with Crippen LogP contribution in [0.15, 0.2) is 4.99 Å². The second kappa shape index (κ2) is 12.7. The van der Waals surface area contributed by atoms with Crippen molar-refractivity contribution in [2.45, 2.75) is 26.2 Å². The molecule has 0 aromatic heterocycles. The minimum Gasteiger partial charge on any atom is -0.385 e. The van der Waals surface area contributed by atoms with Gasteiger partial charge in [0.25, 0.3) is 0 Å². The molecule has 1 fully saturated rings. The van der Waals surface area contributed by atoms with E-state index in [0.717, 1.165) is 38.6 Å². The minimum absolute atomic E-state index is 0.772. The first-order chi connectivity index (χ1) is 10.8. The van der Waals surface area contributed by atoms with E-state index < -0.39 is 0 Å². The fourth-order valence-corrected chi connectivity index (χ4v) is 2.48. The summed E-state index contributed by atoms with van der Waals surface area (Å²) in [4.78, 5) is 9.52. The zero-order valence-corrected chi connectivity index (χ0v) is 14.7. The molecule has 2 N–H and O–H groups in total. The molecule has 1 rings (SSSR count). The van der Waals surface area contributed by atoms with Gasteiger partial charge in [0, 0.05) is 59.5 Å². The summed E-state index contributed by atoms with van der Waals surface area (Å²) in [7, 11) is 3.93.